The molecule has 1 aromatic carbocycles. The number of aliphatic hydroxyl groups is 1. The number of hydrogen-bond donors (Lipinski definition) is 1. The SMILES string of the molecule is CCCCOc1ccc(CC(=C(O)C2(C)COCOC2)n2cncn2)cc1. The number of allylic oxidation sites excluding steroid dienone is 1. The number of unbranched alkanes of at least 4 members (excludes halogenated alkanes) is 1. The van der Waals surface area contributed by atoms with E-state index in [1.165, 1.54) is 6.33 Å². The Labute approximate surface area is 159 Å². The minimum Gasteiger partial charge on any atom is -0.510 e. The van der Waals surface area contributed by atoms with Crippen molar-refractivity contribution in [1.29, 1.82) is 0 Å². The van der Waals surface area contributed by atoms with E-state index in [9.17, 15) is 5.11 Å². The summed E-state index contributed by atoms with van der Waals surface area (Å²) in [7, 11) is 0. The maximum absolute atomic E-state index is 11.0. The van der Waals surface area contributed by atoms with Crippen molar-refractivity contribution in [2.45, 2.75) is 33.1 Å². The van der Waals surface area contributed by atoms with Gasteiger partial charge in [0.1, 0.15) is 31.0 Å². The van der Waals surface area contributed by atoms with E-state index in [2.05, 4.69) is 17.0 Å². The van der Waals surface area contributed by atoms with Crippen LogP contribution in [0.3, 0.4) is 0 Å². The van der Waals surface area contributed by atoms with Gasteiger partial charge in [0, 0.05) is 6.42 Å². The molecule has 7 heteroatoms. The van der Waals surface area contributed by atoms with Crippen LogP contribution in [0, 0.1) is 5.41 Å². The highest BCUT2D eigenvalue weighted by atomic mass is 16.7. The van der Waals surface area contributed by atoms with Gasteiger partial charge in [-0.15, -0.1) is 0 Å². The third-order valence-electron chi connectivity index (χ3n) is 4.61. The molecule has 27 heavy (non-hydrogen) atoms. The molecular weight excluding hydrogens is 346 g/mol. The normalized spacial score (nSPS) is 17.4. The smallest absolute Gasteiger partial charge is 0.146 e. The van der Waals surface area contributed by atoms with Crippen LogP contribution in [0.4, 0.5) is 0 Å². The first-order valence-electron chi connectivity index (χ1n) is 9.27. The summed E-state index contributed by atoms with van der Waals surface area (Å²) in [6, 6.07) is 7.91. The Morgan fingerprint density at radius 2 is 2.00 bits per heavy atom. The quantitative estimate of drug-likeness (QED) is 0.564. The minimum absolute atomic E-state index is 0.205. The fraction of sp³-hybridized carbons (Fsp3) is 0.500. The fourth-order valence-electron chi connectivity index (χ4n) is 2.97. The largest absolute Gasteiger partial charge is 0.510 e. The van der Waals surface area contributed by atoms with Crippen LogP contribution < -0.4 is 4.74 Å². The van der Waals surface area contributed by atoms with Crippen LogP contribution in [-0.2, 0) is 15.9 Å². The third-order valence-corrected chi connectivity index (χ3v) is 4.61. The summed E-state index contributed by atoms with van der Waals surface area (Å²) in [6.07, 6.45) is 5.68. The lowest BCUT2D eigenvalue weighted by Crippen LogP contribution is -2.37. The van der Waals surface area contributed by atoms with Gasteiger partial charge in [-0.1, -0.05) is 25.5 Å². The maximum atomic E-state index is 11.0. The first-order valence-corrected chi connectivity index (χ1v) is 9.27. The van der Waals surface area contributed by atoms with Crippen LogP contribution >= 0.6 is 0 Å². The van der Waals surface area contributed by atoms with E-state index in [-0.39, 0.29) is 12.6 Å². The van der Waals surface area contributed by atoms with E-state index in [0.717, 1.165) is 30.8 Å². The van der Waals surface area contributed by atoms with Gasteiger partial charge in [0.2, 0.25) is 0 Å². The monoisotopic (exact) mass is 373 g/mol. The molecule has 7 nitrogen and oxygen atoms in total. The van der Waals surface area contributed by atoms with E-state index in [1.54, 1.807) is 11.0 Å². The van der Waals surface area contributed by atoms with E-state index >= 15 is 0 Å². The zero-order chi connectivity index (χ0) is 19.1. The van der Waals surface area contributed by atoms with Crippen LogP contribution in [-0.4, -0.2) is 46.5 Å². The number of aliphatic hydroxyl groups excluding tert-OH is 1. The van der Waals surface area contributed by atoms with Gasteiger partial charge in [0.05, 0.1) is 30.9 Å². The number of hydrogen-bond acceptors (Lipinski definition) is 6. The topological polar surface area (TPSA) is 78.6 Å². The van der Waals surface area contributed by atoms with E-state index in [0.29, 0.717) is 25.3 Å². The van der Waals surface area contributed by atoms with Gasteiger partial charge in [-0.3, -0.25) is 0 Å². The Balaban J connectivity index is 1.81. The highest BCUT2D eigenvalue weighted by Crippen LogP contribution is 2.33. The molecule has 0 atom stereocenters. The average Bonchev–Trinajstić information content (AvgIpc) is 3.22. The summed E-state index contributed by atoms with van der Waals surface area (Å²) in [6.45, 7) is 5.81. The summed E-state index contributed by atoms with van der Waals surface area (Å²) < 4.78 is 18.1. The van der Waals surface area contributed by atoms with Crippen LogP contribution in [0.1, 0.15) is 32.3 Å². The molecule has 0 unspecified atom stereocenters. The van der Waals surface area contributed by atoms with Gasteiger partial charge in [-0.2, -0.15) is 5.10 Å². The molecule has 2 heterocycles. The summed E-state index contributed by atoms with van der Waals surface area (Å²) in [4.78, 5) is 4.01. The first kappa shape index (κ1) is 19.4. The molecule has 0 radical (unpaired) electrons. The lowest BCUT2D eigenvalue weighted by Gasteiger charge is -2.33. The number of ether oxygens (including phenoxy) is 3. The lowest BCUT2D eigenvalue weighted by molar-refractivity contribution is -0.155. The molecule has 2 aromatic rings. The summed E-state index contributed by atoms with van der Waals surface area (Å²) in [5.74, 6) is 1.06. The van der Waals surface area contributed by atoms with Crippen LogP contribution in [0.2, 0.25) is 0 Å². The van der Waals surface area contributed by atoms with Crippen molar-refractivity contribution < 1.29 is 19.3 Å². The Hall–Kier alpha value is -2.38. The second-order valence-electron chi connectivity index (χ2n) is 7.03. The third kappa shape index (κ3) is 4.87. The summed E-state index contributed by atoms with van der Waals surface area (Å²) in [5.41, 5.74) is 1.07. The second-order valence-corrected chi connectivity index (χ2v) is 7.03. The van der Waals surface area contributed by atoms with Gasteiger partial charge in [-0.05, 0) is 31.0 Å². The maximum Gasteiger partial charge on any atom is 0.146 e. The van der Waals surface area contributed by atoms with Crippen molar-refractivity contribution in [3.63, 3.8) is 0 Å². The Morgan fingerprint density at radius 3 is 2.63 bits per heavy atom. The number of benzene rings is 1. The number of aromatic nitrogens is 3. The van der Waals surface area contributed by atoms with Crippen LogP contribution in [0.25, 0.3) is 5.70 Å². The molecule has 1 aliphatic rings. The average molecular weight is 373 g/mol. The predicted octanol–water partition coefficient (Wildman–Crippen LogP) is 3.44. The van der Waals surface area contributed by atoms with Crippen molar-refractivity contribution in [2.75, 3.05) is 26.6 Å². The molecule has 1 aliphatic heterocycles. The number of nitrogens with zero attached hydrogens (tertiary/aromatic N) is 3. The second kappa shape index (κ2) is 9.01. The van der Waals surface area contributed by atoms with Gasteiger partial charge in [0.25, 0.3) is 0 Å². The molecule has 146 valence electrons. The molecule has 1 N–H and O–H groups in total. The zero-order valence-electron chi connectivity index (χ0n) is 15.9. The minimum atomic E-state index is -0.622. The Morgan fingerprint density at radius 1 is 1.26 bits per heavy atom. The van der Waals surface area contributed by atoms with Crippen LogP contribution in [0.15, 0.2) is 42.7 Å². The summed E-state index contributed by atoms with van der Waals surface area (Å²) in [5, 5.41) is 15.2. The highest BCUT2D eigenvalue weighted by molar-refractivity contribution is 5.53. The van der Waals surface area contributed by atoms with Gasteiger partial charge >= 0.3 is 0 Å². The molecule has 1 aromatic heterocycles. The predicted molar refractivity (Wildman–Crippen MR) is 101 cm³/mol. The Kier molecular flexibility index (Phi) is 6.47. The highest BCUT2D eigenvalue weighted by Gasteiger charge is 2.36. The van der Waals surface area contributed by atoms with E-state index in [4.69, 9.17) is 14.2 Å². The van der Waals surface area contributed by atoms with Crippen LogP contribution in [0.5, 0.6) is 5.75 Å². The van der Waals surface area contributed by atoms with Crippen molar-refractivity contribution in [3.8, 4) is 5.75 Å². The molecular formula is C20H27N3O4. The molecule has 0 aliphatic carbocycles. The van der Waals surface area contributed by atoms with Gasteiger partial charge in [-0.25, -0.2) is 9.67 Å². The molecule has 1 saturated heterocycles. The van der Waals surface area contributed by atoms with E-state index in [1.807, 2.05) is 31.2 Å². The molecule has 0 spiro atoms. The van der Waals surface area contributed by atoms with E-state index < -0.39 is 5.41 Å². The lowest BCUT2D eigenvalue weighted by atomic mass is 9.87. The summed E-state index contributed by atoms with van der Waals surface area (Å²) >= 11 is 0. The van der Waals surface area contributed by atoms with Crippen molar-refractivity contribution in [1.82, 2.24) is 14.8 Å². The standard InChI is InChI=1S/C20H27N3O4/c1-3-4-9-27-17-7-5-16(6-8-17)10-18(23-14-21-13-22-23)19(24)20(2)11-25-15-26-12-20/h5-8,13-14,24H,3-4,9-12,15H2,1-2H3. The van der Waals surface area contributed by atoms with Gasteiger partial charge < -0.3 is 19.3 Å². The molecule has 0 bridgehead atoms. The fourth-order valence-corrected chi connectivity index (χ4v) is 2.97. The van der Waals surface area contributed by atoms with Crippen molar-refractivity contribution in [3.05, 3.63) is 48.2 Å². The zero-order valence-corrected chi connectivity index (χ0v) is 15.9. The molecule has 1 fully saturated rings. The molecule has 0 amide bonds. The number of rotatable bonds is 8. The molecule has 0 saturated carbocycles. The Bertz CT molecular complexity index is 735. The van der Waals surface area contributed by atoms with Crippen molar-refractivity contribution >= 4 is 5.70 Å². The molecule has 3 rings (SSSR count). The van der Waals surface area contributed by atoms with Crippen molar-refractivity contribution in [2.24, 2.45) is 5.41 Å². The van der Waals surface area contributed by atoms with Gasteiger partial charge in [0.15, 0.2) is 0 Å². The first-order chi connectivity index (χ1) is 13.1.